The van der Waals surface area contributed by atoms with Crippen LogP contribution in [0.5, 0.6) is 0 Å². The summed E-state index contributed by atoms with van der Waals surface area (Å²) in [5.74, 6) is 1.16. The SMILES string of the molecule is CNC(=O)C(CCC=O)c1ccc(N(C)C2CCN(CC3CCN(C(=O)c4ccc5cc(-c6n[nH]c7c6CCC(C)(C)C7)[nH]c5c4)CC3)CC2)nc1. The Morgan fingerprint density at radius 3 is 2.58 bits per heavy atom. The minimum atomic E-state index is -0.371. The third kappa shape index (κ3) is 7.65. The fourth-order valence-electron chi connectivity index (χ4n) is 8.67. The van der Waals surface area contributed by atoms with Crippen LogP contribution < -0.4 is 10.2 Å². The monoisotopic (exact) mass is 706 g/mol. The molecule has 2 amide bonds. The molecule has 1 aliphatic carbocycles. The number of anilines is 1. The lowest BCUT2D eigenvalue weighted by Crippen LogP contribution is -2.46. The minimum absolute atomic E-state index is 0.0916. The van der Waals surface area contributed by atoms with E-state index in [4.69, 9.17) is 10.1 Å². The average molecular weight is 707 g/mol. The number of amides is 2. The van der Waals surface area contributed by atoms with Crippen LogP contribution in [0.15, 0.2) is 42.6 Å². The van der Waals surface area contributed by atoms with E-state index >= 15 is 0 Å². The lowest BCUT2D eigenvalue weighted by atomic mass is 9.76. The fourth-order valence-corrected chi connectivity index (χ4v) is 8.67. The molecule has 3 N–H and O–H groups in total. The molecule has 4 aromatic rings. The molecule has 2 aliphatic heterocycles. The van der Waals surface area contributed by atoms with E-state index in [9.17, 15) is 14.4 Å². The van der Waals surface area contributed by atoms with Crippen molar-refractivity contribution < 1.29 is 14.4 Å². The van der Waals surface area contributed by atoms with Crippen molar-refractivity contribution in [3.8, 4) is 11.4 Å². The van der Waals surface area contributed by atoms with Crippen LogP contribution >= 0.6 is 0 Å². The summed E-state index contributed by atoms with van der Waals surface area (Å²) in [6.45, 7) is 9.41. The average Bonchev–Trinajstić information content (AvgIpc) is 3.78. The van der Waals surface area contributed by atoms with Crippen LogP contribution in [0.4, 0.5) is 5.82 Å². The van der Waals surface area contributed by atoms with Gasteiger partial charge in [-0.15, -0.1) is 0 Å². The maximum atomic E-state index is 13.6. The van der Waals surface area contributed by atoms with E-state index in [0.717, 1.165) is 123 Å². The number of rotatable bonds is 11. The second-order valence-electron chi connectivity index (χ2n) is 16.1. The van der Waals surface area contributed by atoms with Gasteiger partial charge in [0.2, 0.25) is 5.91 Å². The van der Waals surface area contributed by atoms with Crippen LogP contribution in [0.1, 0.15) is 91.9 Å². The Labute approximate surface area is 306 Å². The maximum Gasteiger partial charge on any atom is 0.253 e. The molecular weight excluding hydrogens is 653 g/mol. The molecule has 0 spiro atoms. The Hall–Kier alpha value is -4.51. The molecule has 11 heteroatoms. The Morgan fingerprint density at radius 2 is 1.87 bits per heavy atom. The third-order valence-corrected chi connectivity index (χ3v) is 12.0. The summed E-state index contributed by atoms with van der Waals surface area (Å²) in [5.41, 5.74) is 7.45. The third-order valence-electron chi connectivity index (χ3n) is 12.0. The first-order valence-corrected chi connectivity index (χ1v) is 19.2. The van der Waals surface area contributed by atoms with Crippen molar-refractivity contribution in [2.75, 3.05) is 51.7 Å². The van der Waals surface area contributed by atoms with Gasteiger partial charge in [0, 0.05) is 93.2 Å². The van der Waals surface area contributed by atoms with Crippen LogP contribution in [-0.2, 0) is 22.4 Å². The van der Waals surface area contributed by atoms with Gasteiger partial charge in [0.05, 0.1) is 11.6 Å². The number of hydrogen-bond acceptors (Lipinski definition) is 7. The van der Waals surface area contributed by atoms with E-state index in [-0.39, 0.29) is 17.7 Å². The minimum Gasteiger partial charge on any atom is -0.359 e. The number of H-pyrrole nitrogens is 2. The lowest BCUT2D eigenvalue weighted by Gasteiger charge is -2.40. The van der Waals surface area contributed by atoms with Gasteiger partial charge in [-0.05, 0) is 92.5 Å². The van der Waals surface area contributed by atoms with Crippen LogP contribution in [0.2, 0.25) is 0 Å². The number of aldehydes is 1. The smallest absolute Gasteiger partial charge is 0.253 e. The molecule has 1 unspecified atom stereocenters. The number of benzene rings is 1. The van der Waals surface area contributed by atoms with E-state index < -0.39 is 0 Å². The highest BCUT2D eigenvalue weighted by atomic mass is 16.2. The second-order valence-corrected chi connectivity index (χ2v) is 16.1. The van der Waals surface area contributed by atoms with Gasteiger partial charge in [-0.3, -0.25) is 14.7 Å². The molecule has 0 saturated carbocycles. The first-order chi connectivity index (χ1) is 25.1. The summed E-state index contributed by atoms with van der Waals surface area (Å²) in [6.07, 6.45) is 10.9. The predicted molar refractivity (Wildman–Crippen MR) is 205 cm³/mol. The van der Waals surface area contributed by atoms with Gasteiger partial charge in [-0.1, -0.05) is 26.0 Å². The molecule has 2 fully saturated rings. The highest BCUT2D eigenvalue weighted by Gasteiger charge is 2.31. The molecule has 3 aromatic heterocycles. The topological polar surface area (TPSA) is 130 Å². The number of likely N-dealkylation sites (N-methyl/N-ethyl adjacent to an activating group) is 1. The summed E-state index contributed by atoms with van der Waals surface area (Å²) >= 11 is 0. The van der Waals surface area contributed by atoms with Gasteiger partial charge in [0.1, 0.15) is 17.8 Å². The number of fused-ring (bicyclic) bond motifs is 2. The summed E-state index contributed by atoms with van der Waals surface area (Å²) in [6, 6.07) is 12.6. The quantitative estimate of drug-likeness (QED) is 0.170. The molecular formula is C41H54N8O3. The van der Waals surface area contributed by atoms with Crippen LogP contribution in [-0.4, -0.2) is 101 Å². The number of piperidine rings is 2. The van der Waals surface area contributed by atoms with Gasteiger partial charge >= 0.3 is 0 Å². The van der Waals surface area contributed by atoms with Crippen LogP contribution in [0.25, 0.3) is 22.3 Å². The predicted octanol–water partition coefficient (Wildman–Crippen LogP) is 5.73. The van der Waals surface area contributed by atoms with Gasteiger partial charge in [0.25, 0.3) is 5.91 Å². The Balaban J connectivity index is 0.882. The zero-order chi connectivity index (χ0) is 36.4. The fraction of sp³-hybridized carbons (Fsp3) is 0.537. The summed E-state index contributed by atoms with van der Waals surface area (Å²) in [7, 11) is 3.73. The molecule has 11 nitrogen and oxygen atoms in total. The van der Waals surface area contributed by atoms with E-state index in [1.165, 1.54) is 11.3 Å². The normalized spacial score (nSPS) is 19.0. The number of aromatic amines is 2. The Bertz CT molecular complexity index is 1880. The van der Waals surface area contributed by atoms with Crippen LogP contribution in [0, 0.1) is 11.3 Å². The molecule has 2 saturated heterocycles. The zero-order valence-corrected chi connectivity index (χ0v) is 31.2. The second kappa shape index (κ2) is 15.2. The van der Waals surface area contributed by atoms with E-state index in [2.05, 4.69) is 58.2 Å². The number of aromatic nitrogens is 4. The number of pyridine rings is 1. The molecule has 5 heterocycles. The van der Waals surface area contributed by atoms with E-state index in [1.807, 2.05) is 29.2 Å². The summed E-state index contributed by atoms with van der Waals surface area (Å²) in [5, 5.41) is 11.8. The number of carbonyl (C=O) groups is 3. The van der Waals surface area contributed by atoms with Crippen molar-refractivity contribution >= 4 is 34.8 Å². The van der Waals surface area contributed by atoms with Crippen molar-refractivity contribution in [3.05, 3.63) is 65.0 Å². The Morgan fingerprint density at radius 1 is 1.08 bits per heavy atom. The van der Waals surface area contributed by atoms with Gasteiger partial charge in [-0.2, -0.15) is 5.10 Å². The molecule has 1 aromatic carbocycles. The number of hydrogen-bond donors (Lipinski definition) is 3. The molecule has 7 rings (SSSR count). The highest BCUT2D eigenvalue weighted by molar-refractivity contribution is 5.99. The lowest BCUT2D eigenvalue weighted by molar-refractivity contribution is -0.122. The standard InChI is InChI=1S/C41H54N8O3/c1-41(2)16-11-33-36(24-41)45-46-38(33)35-22-28-7-8-29(23-34(28)44-35)40(52)49-19-12-27(13-20-49)26-48-17-14-31(15-18-48)47(4)37-10-9-30(25-43-37)32(6-5-21-50)39(51)42-3/h7-10,21-23,25,27,31-32,44H,5-6,11-20,24,26H2,1-4H3,(H,42,51)(H,45,46). The molecule has 1 atom stereocenters. The molecule has 0 radical (unpaired) electrons. The molecule has 52 heavy (non-hydrogen) atoms. The zero-order valence-electron chi connectivity index (χ0n) is 31.2. The summed E-state index contributed by atoms with van der Waals surface area (Å²) < 4.78 is 0. The van der Waals surface area contributed by atoms with Gasteiger partial charge in [-0.25, -0.2) is 4.98 Å². The van der Waals surface area contributed by atoms with Gasteiger partial charge < -0.3 is 29.8 Å². The highest BCUT2D eigenvalue weighted by Crippen LogP contribution is 2.38. The molecule has 0 bridgehead atoms. The number of nitrogens with one attached hydrogen (secondary N) is 3. The van der Waals surface area contributed by atoms with Crippen molar-refractivity contribution in [2.24, 2.45) is 11.3 Å². The number of likely N-dealkylation sites (tertiary alicyclic amines) is 2. The van der Waals surface area contributed by atoms with Crippen molar-refractivity contribution in [1.29, 1.82) is 0 Å². The van der Waals surface area contributed by atoms with E-state index in [0.29, 0.717) is 30.2 Å². The van der Waals surface area contributed by atoms with Crippen LogP contribution in [0.3, 0.4) is 0 Å². The van der Waals surface area contributed by atoms with Crippen molar-refractivity contribution in [3.63, 3.8) is 0 Å². The first kappa shape index (κ1) is 35.9. The van der Waals surface area contributed by atoms with Crippen molar-refractivity contribution in [2.45, 2.75) is 83.6 Å². The maximum absolute atomic E-state index is 13.6. The number of nitrogens with zero attached hydrogens (tertiary/aromatic N) is 5. The summed E-state index contributed by atoms with van der Waals surface area (Å²) in [4.78, 5) is 52.1. The molecule has 3 aliphatic rings. The first-order valence-electron chi connectivity index (χ1n) is 19.2. The molecule has 276 valence electrons. The van der Waals surface area contributed by atoms with E-state index in [1.54, 1.807) is 13.2 Å². The van der Waals surface area contributed by atoms with Crippen molar-refractivity contribution in [1.82, 2.24) is 35.3 Å². The largest absolute Gasteiger partial charge is 0.359 e. The Kier molecular flexibility index (Phi) is 10.5. The van der Waals surface area contributed by atoms with Gasteiger partial charge in [0.15, 0.2) is 0 Å². The number of carbonyl (C=O) groups excluding carboxylic acids is 3.